The number of carbonyl (C=O) groups excluding carboxylic acids is 3. The van der Waals surface area contributed by atoms with Crippen LogP contribution < -0.4 is 15.8 Å². The minimum atomic E-state index is -3.69. The quantitative estimate of drug-likeness (QED) is 0.117. The number of nitrogens with zero attached hydrogens (tertiary/aromatic N) is 3. The molecule has 44 heavy (non-hydrogen) atoms. The van der Waals surface area contributed by atoms with Crippen LogP contribution in [0.4, 0.5) is 5.69 Å². The van der Waals surface area contributed by atoms with Crippen molar-refractivity contribution in [1.29, 1.82) is 0 Å². The summed E-state index contributed by atoms with van der Waals surface area (Å²) in [5, 5.41) is 11.9. The number of aromatic nitrogens is 2. The van der Waals surface area contributed by atoms with Gasteiger partial charge in [0.05, 0.1) is 16.3 Å². The van der Waals surface area contributed by atoms with Crippen molar-refractivity contribution in [3.8, 4) is 0 Å². The topological polar surface area (TPSA) is 164 Å². The SMILES string of the molecule is NS(=O)(=O)c1ccc(NC(=S)NCCCCCCCCN(Cc2ccccn2)Cc2ccccn2)cc1.[C-]=O.[C-]=O.[C-]=O.[Re]. The van der Waals surface area contributed by atoms with Crippen LogP contribution in [0, 0.1) is 0 Å². The van der Waals surface area contributed by atoms with E-state index in [1.165, 1.54) is 31.4 Å². The average Bonchev–Trinajstić information content (AvgIpc) is 3.04. The third-order valence-corrected chi connectivity index (χ3v) is 7.03. The maximum absolute atomic E-state index is 11.3. The molecule has 0 saturated heterocycles. The number of benzene rings is 1. The van der Waals surface area contributed by atoms with Gasteiger partial charge in [-0.25, -0.2) is 13.6 Å². The fourth-order valence-corrected chi connectivity index (χ4v) is 4.66. The molecular weight excluding hydrogens is 775 g/mol. The summed E-state index contributed by atoms with van der Waals surface area (Å²) in [5.41, 5.74) is 2.88. The largest absolute Gasteiger partial charge is 0.573 e. The molecule has 4 N–H and O–H groups in total. The van der Waals surface area contributed by atoms with E-state index in [-0.39, 0.29) is 25.3 Å². The van der Waals surface area contributed by atoms with Crippen LogP contribution in [0.1, 0.15) is 49.9 Å². The number of anilines is 1. The van der Waals surface area contributed by atoms with E-state index < -0.39 is 10.0 Å². The van der Waals surface area contributed by atoms with Crippen LogP contribution in [0.5, 0.6) is 0 Å². The Morgan fingerprint density at radius 1 is 0.750 bits per heavy atom. The molecule has 14 heteroatoms. The van der Waals surface area contributed by atoms with Crippen LogP contribution in [0.15, 0.2) is 78.0 Å². The molecule has 0 amide bonds. The molecule has 0 bridgehead atoms. The van der Waals surface area contributed by atoms with Crippen molar-refractivity contribution in [2.24, 2.45) is 5.14 Å². The van der Waals surface area contributed by atoms with Crippen molar-refractivity contribution in [2.75, 3.05) is 18.4 Å². The second-order valence-corrected chi connectivity index (χ2v) is 10.9. The predicted molar refractivity (Wildman–Crippen MR) is 169 cm³/mol. The van der Waals surface area contributed by atoms with Crippen molar-refractivity contribution < 1.29 is 43.2 Å². The number of thiocarbonyl (C=S) groups is 1. The minimum Gasteiger partial charge on any atom is -0.573 e. The number of nitrogens with one attached hydrogen (secondary N) is 2. The summed E-state index contributed by atoms with van der Waals surface area (Å²) in [6, 6.07) is 18.3. The Balaban J connectivity index is 0. The molecule has 3 rings (SSSR count). The number of pyridine rings is 2. The van der Waals surface area contributed by atoms with E-state index in [9.17, 15) is 8.42 Å². The fourth-order valence-electron chi connectivity index (χ4n) is 3.93. The van der Waals surface area contributed by atoms with E-state index in [0.29, 0.717) is 10.8 Å². The number of nitrogens with two attached hydrogens (primary N) is 1. The third kappa shape index (κ3) is 19.8. The van der Waals surface area contributed by atoms with E-state index in [2.05, 4.69) is 58.0 Å². The predicted octanol–water partition coefficient (Wildman–Crippen LogP) is 3.26. The van der Waals surface area contributed by atoms with Gasteiger partial charge < -0.3 is 45.4 Å². The van der Waals surface area contributed by atoms with E-state index in [1.54, 1.807) is 12.1 Å². The van der Waals surface area contributed by atoms with Gasteiger partial charge in [-0.3, -0.25) is 14.9 Å². The second-order valence-electron chi connectivity index (χ2n) is 8.92. The van der Waals surface area contributed by atoms with Crippen LogP contribution in [-0.2, 0) is 57.9 Å². The summed E-state index contributed by atoms with van der Waals surface area (Å²) < 4.78 is 22.7. The van der Waals surface area contributed by atoms with Crippen LogP contribution in [0.2, 0.25) is 0 Å². The van der Waals surface area contributed by atoms with Gasteiger partial charge in [0.1, 0.15) is 0 Å². The van der Waals surface area contributed by atoms with E-state index in [0.717, 1.165) is 56.8 Å². The summed E-state index contributed by atoms with van der Waals surface area (Å²) in [6.07, 6.45) is 10.6. The smallest absolute Gasteiger partial charge is 0.238 e. The molecule has 0 aliphatic carbocycles. The first-order valence-corrected chi connectivity index (χ1v) is 15.2. The number of sulfonamides is 1. The summed E-state index contributed by atoms with van der Waals surface area (Å²) in [7, 11) is -3.69. The van der Waals surface area contributed by atoms with Gasteiger partial charge in [0, 0.05) is 58.1 Å². The van der Waals surface area contributed by atoms with Gasteiger partial charge >= 0.3 is 0 Å². The minimum absolute atomic E-state index is 0. The van der Waals surface area contributed by atoms with Gasteiger partial charge in [-0.1, -0.05) is 37.8 Å². The first-order valence-electron chi connectivity index (χ1n) is 13.2. The molecule has 0 atom stereocenters. The molecule has 0 aliphatic heterocycles. The Morgan fingerprint density at radius 2 is 1.23 bits per heavy atom. The van der Waals surface area contributed by atoms with Crippen LogP contribution >= 0.6 is 12.2 Å². The van der Waals surface area contributed by atoms with E-state index in [1.807, 2.05) is 36.7 Å². The van der Waals surface area contributed by atoms with Crippen molar-refractivity contribution in [2.45, 2.75) is 56.5 Å². The molecule has 4 radical (unpaired) electrons. The molecule has 0 unspecified atom stereocenters. The molecule has 2 heterocycles. The average molecular weight is 811 g/mol. The van der Waals surface area contributed by atoms with Crippen molar-refractivity contribution >= 4 is 53.4 Å². The van der Waals surface area contributed by atoms with Gasteiger partial charge in [0.15, 0.2) is 5.11 Å². The Morgan fingerprint density at radius 3 is 1.68 bits per heavy atom. The van der Waals surface area contributed by atoms with Gasteiger partial charge in [0.2, 0.25) is 10.0 Å². The Bertz CT molecular complexity index is 1200. The zero-order valence-electron chi connectivity index (χ0n) is 24.2. The number of hydrogen-bond donors (Lipinski definition) is 3. The molecule has 1 aromatic carbocycles. The normalized spacial score (nSPS) is 9.86. The standard InChI is InChI=1S/C27H36N6O2S2.3CO.Re/c28-37(34,35)26-15-13-23(14-16-26)32-27(36)31-19-7-3-1-2-4-10-20-33(21-24-11-5-8-17-29-24)22-25-12-6-9-18-30-25;3*1-2;/h5-6,8-9,11-18H,1-4,7,10,19-22H2,(H2,28,34,35)(H2,31,32,36);;;;/q;3*-1;. The molecular formula is C30H36N6O5ReS2-3. The fraction of sp³-hybridized carbons (Fsp3) is 0.333. The van der Waals surface area contributed by atoms with E-state index >= 15 is 0 Å². The molecule has 0 aliphatic rings. The first-order chi connectivity index (χ1) is 20.9. The van der Waals surface area contributed by atoms with Crippen molar-refractivity contribution in [1.82, 2.24) is 20.2 Å². The summed E-state index contributed by atoms with van der Waals surface area (Å²) in [6.45, 7) is 17.0. The molecule has 3 aromatic rings. The Kier molecular flexibility index (Phi) is 26.6. The summed E-state index contributed by atoms with van der Waals surface area (Å²) >= 11 is 5.32. The van der Waals surface area contributed by atoms with Crippen LogP contribution in [0.25, 0.3) is 0 Å². The maximum Gasteiger partial charge on any atom is 0.238 e. The van der Waals surface area contributed by atoms with Crippen molar-refractivity contribution in [3.63, 3.8) is 0 Å². The molecule has 0 saturated carbocycles. The molecule has 238 valence electrons. The van der Waals surface area contributed by atoms with Gasteiger partial charge in [-0.15, -0.1) is 0 Å². The summed E-state index contributed by atoms with van der Waals surface area (Å²) in [5.74, 6) is 0. The Hall–Kier alpha value is -3.25. The molecule has 11 nitrogen and oxygen atoms in total. The van der Waals surface area contributed by atoms with Gasteiger partial charge in [-0.2, -0.15) is 0 Å². The summed E-state index contributed by atoms with van der Waals surface area (Å²) in [4.78, 5) is 34.0. The van der Waals surface area contributed by atoms with E-state index in [4.69, 9.17) is 31.7 Å². The number of primary sulfonamides is 1. The zero-order valence-corrected chi connectivity index (χ0v) is 28.5. The van der Waals surface area contributed by atoms with Crippen molar-refractivity contribution in [3.05, 3.63) is 84.4 Å². The number of rotatable bonds is 15. The van der Waals surface area contributed by atoms with Gasteiger partial charge in [-0.05, 0) is 80.1 Å². The van der Waals surface area contributed by atoms with Crippen LogP contribution in [0.3, 0.4) is 0 Å². The molecule has 0 fully saturated rings. The second kappa shape index (κ2) is 27.3. The van der Waals surface area contributed by atoms with Gasteiger partial charge in [0.25, 0.3) is 0 Å². The maximum atomic E-state index is 11.3. The molecule has 0 spiro atoms. The Labute approximate surface area is 280 Å². The molecule has 2 aromatic heterocycles. The first kappa shape index (κ1) is 42.9. The number of unbranched alkanes of at least 4 members (excludes halogenated alkanes) is 5. The number of hydrogen-bond acceptors (Lipinski definition) is 9. The van der Waals surface area contributed by atoms with Crippen LogP contribution in [-0.4, -0.2) is 61.9 Å². The zero-order chi connectivity index (χ0) is 32.3. The third-order valence-electron chi connectivity index (χ3n) is 5.85. The monoisotopic (exact) mass is 811 g/mol.